The molecule has 0 bridgehead atoms. The average Bonchev–Trinajstić information content (AvgIpc) is 3.17. The zero-order valence-electron chi connectivity index (χ0n) is 12.3. The van der Waals surface area contributed by atoms with Gasteiger partial charge in [-0.15, -0.1) is 0 Å². The molecule has 1 N–H and O–H groups in total. The Hall–Kier alpha value is -2.21. The molecule has 0 saturated carbocycles. The minimum absolute atomic E-state index is 0.331. The zero-order chi connectivity index (χ0) is 15.4. The third kappa shape index (κ3) is 3.33. The average molecular weight is 301 g/mol. The summed E-state index contributed by atoms with van der Waals surface area (Å²) < 4.78 is 5.26. The molecule has 0 unspecified atom stereocenters. The van der Waals surface area contributed by atoms with Gasteiger partial charge in [0.2, 0.25) is 11.7 Å². The summed E-state index contributed by atoms with van der Waals surface area (Å²) in [4.78, 5) is 17.5. The second kappa shape index (κ2) is 6.70. The molecule has 0 aliphatic carbocycles. The van der Waals surface area contributed by atoms with E-state index >= 15 is 0 Å². The van der Waals surface area contributed by atoms with Crippen LogP contribution in [0.5, 0.6) is 0 Å². The van der Waals surface area contributed by atoms with E-state index in [0.29, 0.717) is 18.1 Å². The van der Waals surface area contributed by atoms with Crippen molar-refractivity contribution >= 4 is 5.97 Å². The normalized spacial score (nSPS) is 18.6. The fourth-order valence-corrected chi connectivity index (χ4v) is 2.87. The van der Waals surface area contributed by atoms with Crippen molar-refractivity contribution in [3.63, 3.8) is 0 Å². The number of hydrogen-bond acceptors (Lipinski definition) is 5. The summed E-state index contributed by atoms with van der Waals surface area (Å²) in [7, 11) is 0. The Morgan fingerprint density at radius 2 is 2.18 bits per heavy atom. The predicted octanol–water partition coefficient (Wildman–Crippen LogP) is 2.22. The fourth-order valence-electron chi connectivity index (χ4n) is 2.87. The summed E-state index contributed by atoms with van der Waals surface area (Å²) >= 11 is 0. The highest BCUT2D eigenvalue weighted by Crippen LogP contribution is 2.19. The molecule has 3 rings (SSSR count). The highest BCUT2D eigenvalue weighted by molar-refractivity contribution is 5.73. The van der Waals surface area contributed by atoms with Crippen LogP contribution < -0.4 is 0 Å². The maximum atomic E-state index is 11.1. The van der Waals surface area contributed by atoms with Gasteiger partial charge in [0.15, 0.2) is 0 Å². The van der Waals surface area contributed by atoms with Crippen LogP contribution in [0.15, 0.2) is 34.9 Å². The van der Waals surface area contributed by atoms with E-state index in [1.54, 1.807) is 0 Å². The number of aliphatic carboxylic acids is 1. The lowest BCUT2D eigenvalue weighted by Gasteiger charge is -2.20. The van der Waals surface area contributed by atoms with Crippen LogP contribution in [-0.2, 0) is 11.2 Å². The molecule has 22 heavy (non-hydrogen) atoms. The van der Waals surface area contributed by atoms with E-state index in [1.165, 1.54) is 0 Å². The van der Waals surface area contributed by atoms with Crippen LogP contribution in [0.1, 0.15) is 25.2 Å². The lowest BCUT2D eigenvalue weighted by Crippen LogP contribution is -2.36. The standard InChI is InChI=1S/C16H19N3O3/c20-16(21)13-8-4-10-19(13)11-5-9-14-17-15(18-22-14)12-6-2-1-3-7-12/h1-3,6-7,13H,4-5,8-11H2,(H,20,21)/t13-/m1/s1. The van der Waals surface area contributed by atoms with Gasteiger partial charge < -0.3 is 9.63 Å². The minimum Gasteiger partial charge on any atom is -0.480 e. The lowest BCUT2D eigenvalue weighted by molar-refractivity contribution is -0.142. The van der Waals surface area contributed by atoms with Crippen LogP contribution in [0.3, 0.4) is 0 Å². The molecule has 1 aliphatic rings. The molecule has 0 amide bonds. The van der Waals surface area contributed by atoms with Crippen molar-refractivity contribution in [2.45, 2.75) is 31.7 Å². The Morgan fingerprint density at radius 1 is 1.36 bits per heavy atom. The van der Waals surface area contributed by atoms with Crippen LogP contribution in [-0.4, -0.2) is 45.2 Å². The van der Waals surface area contributed by atoms with Gasteiger partial charge >= 0.3 is 5.97 Å². The third-order valence-electron chi connectivity index (χ3n) is 3.98. The van der Waals surface area contributed by atoms with E-state index in [4.69, 9.17) is 9.63 Å². The van der Waals surface area contributed by atoms with Crippen molar-refractivity contribution in [2.24, 2.45) is 0 Å². The first-order chi connectivity index (χ1) is 10.7. The van der Waals surface area contributed by atoms with Gasteiger partial charge in [-0.25, -0.2) is 0 Å². The Labute approximate surface area is 128 Å². The van der Waals surface area contributed by atoms with Gasteiger partial charge in [-0.2, -0.15) is 4.98 Å². The monoisotopic (exact) mass is 301 g/mol. The minimum atomic E-state index is -0.721. The molecule has 0 spiro atoms. The molecule has 1 atom stereocenters. The number of rotatable bonds is 6. The molecule has 0 radical (unpaired) electrons. The first-order valence-electron chi connectivity index (χ1n) is 7.59. The van der Waals surface area contributed by atoms with Crippen molar-refractivity contribution in [1.29, 1.82) is 0 Å². The molecule has 6 heteroatoms. The number of aromatic nitrogens is 2. The van der Waals surface area contributed by atoms with Crippen molar-refractivity contribution in [1.82, 2.24) is 15.0 Å². The topological polar surface area (TPSA) is 79.5 Å². The number of carboxylic acid groups (broad SMARTS) is 1. The van der Waals surface area contributed by atoms with Gasteiger partial charge in [0.05, 0.1) is 0 Å². The molecular formula is C16H19N3O3. The van der Waals surface area contributed by atoms with E-state index < -0.39 is 5.97 Å². The largest absolute Gasteiger partial charge is 0.480 e. The van der Waals surface area contributed by atoms with Crippen molar-refractivity contribution in [3.05, 3.63) is 36.2 Å². The third-order valence-corrected chi connectivity index (χ3v) is 3.98. The van der Waals surface area contributed by atoms with E-state index in [0.717, 1.165) is 37.9 Å². The van der Waals surface area contributed by atoms with Crippen LogP contribution in [0.4, 0.5) is 0 Å². The highest BCUT2D eigenvalue weighted by Gasteiger charge is 2.29. The molecular weight excluding hydrogens is 282 g/mol. The Morgan fingerprint density at radius 3 is 2.95 bits per heavy atom. The van der Waals surface area contributed by atoms with Gasteiger partial charge in [-0.05, 0) is 32.4 Å². The maximum Gasteiger partial charge on any atom is 0.320 e. The molecule has 1 aliphatic heterocycles. The van der Waals surface area contributed by atoms with Gasteiger partial charge in [0.1, 0.15) is 6.04 Å². The molecule has 2 aromatic rings. The molecule has 2 heterocycles. The number of likely N-dealkylation sites (tertiary alicyclic amines) is 1. The van der Waals surface area contributed by atoms with Crippen LogP contribution in [0.2, 0.25) is 0 Å². The van der Waals surface area contributed by atoms with E-state index in [2.05, 4.69) is 10.1 Å². The number of nitrogens with zero attached hydrogens (tertiary/aromatic N) is 3. The first-order valence-corrected chi connectivity index (χ1v) is 7.59. The second-order valence-electron chi connectivity index (χ2n) is 5.51. The fraction of sp³-hybridized carbons (Fsp3) is 0.438. The van der Waals surface area contributed by atoms with Gasteiger partial charge in [-0.3, -0.25) is 9.69 Å². The maximum absolute atomic E-state index is 11.1. The van der Waals surface area contributed by atoms with E-state index in [-0.39, 0.29) is 6.04 Å². The summed E-state index contributed by atoms with van der Waals surface area (Å²) in [6.07, 6.45) is 3.19. The van der Waals surface area contributed by atoms with Crippen LogP contribution >= 0.6 is 0 Å². The van der Waals surface area contributed by atoms with Crippen LogP contribution in [0.25, 0.3) is 11.4 Å². The first kappa shape index (κ1) is 14.7. The second-order valence-corrected chi connectivity index (χ2v) is 5.51. The summed E-state index contributed by atoms with van der Waals surface area (Å²) in [5.74, 6) is 0.478. The van der Waals surface area contributed by atoms with Gasteiger partial charge in [0.25, 0.3) is 0 Å². The number of hydrogen-bond donors (Lipinski definition) is 1. The lowest BCUT2D eigenvalue weighted by atomic mass is 10.2. The molecule has 6 nitrogen and oxygen atoms in total. The van der Waals surface area contributed by atoms with Gasteiger partial charge in [0, 0.05) is 12.0 Å². The highest BCUT2D eigenvalue weighted by atomic mass is 16.5. The molecule has 1 aromatic heterocycles. The Kier molecular flexibility index (Phi) is 4.48. The molecule has 1 fully saturated rings. The molecule has 1 aromatic carbocycles. The van der Waals surface area contributed by atoms with Crippen molar-refractivity contribution < 1.29 is 14.4 Å². The van der Waals surface area contributed by atoms with Crippen molar-refractivity contribution in [3.8, 4) is 11.4 Å². The van der Waals surface area contributed by atoms with E-state index in [1.807, 2.05) is 35.2 Å². The van der Waals surface area contributed by atoms with Crippen molar-refractivity contribution in [2.75, 3.05) is 13.1 Å². The number of carboxylic acids is 1. The number of carbonyl (C=O) groups is 1. The summed E-state index contributed by atoms with van der Waals surface area (Å²) in [5, 5.41) is 13.1. The zero-order valence-corrected chi connectivity index (χ0v) is 12.3. The molecule has 1 saturated heterocycles. The summed E-state index contributed by atoms with van der Waals surface area (Å²) in [6.45, 7) is 1.61. The van der Waals surface area contributed by atoms with Crippen LogP contribution in [0, 0.1) is 0 Å². The summed E-state index contributed by atoms with van der Waals surface area (Å²) in [6, 6.07) is 9.37. The smallest absolute Gasteiger partial charge is 0.320 e. The summed E-state index contributed by atoms with van der Waals surface area (Å²) in [5.41, 5.74) is 0.933. The Balaban J connectivity index is 1.52. The SMILES string of the molecule is O=C(O)[C@H]1CCCN1CCCc1nc(-c2ccccc2)no1. The van der Waals surface area contributed by atoms with Gasteiger partial charge in [-0.1, -0.05) is 35.5 Å². The number of aryl methyl sites for hydroxylation is 1. The quantitative estimate of drug-likeness (QED) is 0.881. The predicted molar refractivity (Wildman–Crippen MR) is 80.3 cm³/mol. The number of benzene rings is 1. The van der Waals surface area contributed by atoms with E-state index in [9.17, 15) is 4.79 Å². The Bertz CT molecular complexity index is 627. The molecule has 116 valence electrons.